The number of rotatable bonds is 43. The maximum atomic E-state index is 12.8. The van der Waals surface area contributed by atoms with Gasteiger partial charge in [0.25, 0.3) is 0 Å². The molecule has 0 bridgehead atoms. The predicted octanol–water partition coefficient (Wildman–Crippen LogP) is 12.1. The van der Waals surface area contributed by atoms with Gasteiger partial charge in [-0.1, -0.05) is 204 Å². The van der Waals surface area contributed by atoms with E-state index in [4.69, 9.17) is 18.9 Å². The fourth-order valence-electron chi connectivity index (χ4n) is 7.60. The predicted molar refractivity (Wildman–Crippen MR) is 251 cm³/mol. The molecule has 1 fully saturated rings. The van der Waals surface area contributed by atoms with Gasteiger partial charge in [-0.15, -0.1) is 0 Å². The van der Waals surface area contributed by atoms with Crippen LogP contribution in [0.15, 0.2) is 48.6 Å². The summed E-state index contributed by atoms with van der Waals surface area (Å²) >= 11 is 0. The summed E-state index contributed by atoms with van der Waals surface area (Å²) in [6.07, 6.45) is 47.1. The summed E-state index contributed by atoms with van der Waals surface area (Å²) in [7, 11) is 0. The summed E-state index contributed by atoms with van der Waals surface area (Å²) in [5.74, 6) is -0.316. The number of esters is 1. The van der Waals surface area contributed by atoms with Gasteiger partial charge in [0.15, 0.2) is 6.29 Å². The zero-order chi connectivity index (χ0) is 44.3. The van der Waals surface area contributed by atoms with Crippen LogP contribution in [-0.4, -0.2) is 89.6 Å². The third-order valence-electron chi connectivity index (χ3n) is 11.5. The molecule has 0 aromatic heterocycles. The second kappa shape index (κ2) is 43.4. The third kappa shape index (κ3) is 34.3. The first-order valence-electron chi connectivity index (χ1n) is 25.2. The minimum absolute atomic E-state index is 0.113. The van der Waals surface area contributed by atoms with E-state index < -0.39 is 43.4 Å². The highest BCUT2D eigenvalue weighted by Crippen LogP contribution is 2.23. The average molecular weight is 863 g/mol. The van der Waals surface area contributed by atoms with Crippen LogP contribution < -0.4 is 0 Å². The zero-order valence-electron chi connectivity index (χ0n) is 39.2. The number of hydrogen-bond donors (Lipinski definition) is 4. The van der Waals surface area contributed by atoms with Crippen molar-refractivity contribution in [3.63, 3.8) is 0 Å². The molecule has 9 nitrogen and oxygen atoms in total. The van der Waals surface area contributed by atoms with Crippen LogP contribution in [0.1, 0.15) is 213 Å². The number of ether oxygens (including phenoxy) is 4. The van der Waals surface area contributed by atoms with E-state index in [1.165, 1.54) is 135 Å². The summed E-state index contributed by atoms with van der Waals surface area (Å²) < 4.78 is 22.9. The van der Waals surface area contributed by atoms with Crippen LogP contribution in [-0.2, 0) is 23.7 Å². The molecule has 0 aliphatic carbocycles. The van der Waals surface area contributed by atoms with E-state index in [-0.39, 0.29) is 19.2 Å². The highest BCUT2D eigenvalue weighted by molar-refractivity contribution is 5.69. The first kappa shape index (κ1) is 57.2. The minimum Gasteiger partial charge on any atom is -0.457 e. The Labute approximate surface area is 373 Å². The molecule has 4 N–H and O–H groups in total. The lowest BCUT2D eigenvalue weighted by molar-refractivity contribution is -0.305. The van der Waals surface area contributed by atoms with Crippen molar-refractivity contribution in [2.45, 2.75) is 250 Å². The molecule has 6 unspecified atom stereocenters. The molecule has 6 atom stereocenters. The van der Waals surface area contributed by atoms with Crippen LogP contribution in [0.4, 0.5) is 0 Å². The van der Waals surface area contributed by atoms with E-state index in [0.29, 0.717) is 13.0 Å². The van der Waals surface area contributed by atoms with Crippen LogP contribution in [0, 0.1) is 0 Å². The highest BCUT2D eigenvalue weighted by Gasteiger charge is 2.44. The molecule has 0 aromatic rings. The summed E-state index contributed by atoms with van der Waals surface area (Å²) in [6.45, 7) is 4.47. The molecule has 356 valence electrons. The van der Waals surface area contributed by atoms with Gasteiger partial charge >= 0.3 is 5.97 Å². The molecule has 61 heavy (non-hydrogen) atoms. The lowest BCUT2D eigenvalue weighted by atomic mass is 9.99. The number of unbranched alkanes of at least 4 members (excludes halogenated alkanes) is 24. The first-order chi connectivity index (χ1) is 29.9. The smallest absolute Gasteiger partial charge is 0.306 e. The molecular formula is C52H94O9. The van der Waals surface area contributed by atoms with Gasteiger partial charge in [0.2, 0.25) is 0 Å². The normalized spacial score (nSPS) is 20.3. The molecule has 0 radical (unpaired) electrons. The maximum Gasteiger partial charge on any atom is 0.306 e. The average Bonchev–Trinajstić information content (AvgIpc) is 3.26. The fraction of sp³-hybridized carbons (Fsp3) is 0.827. The second-order valence-corrected chi connectivity index (χ2v) is 17.2. The van der Waals surface area contributed by atoms with Crippen molar-refractivity contribution in [3.05, 3.63) is 48.6 Å². The summed E-state index contributed by atoms with van der Waals surface area (Å²) in [5.41, 5.74) is 0. The Morgan fingerprint density at radius 1 is 0.541 bits per heavy atom. The Bertz CT molecular complexity index is 1070. The van der Waals surface area contributed by atoms with Crippen LogP contribution in [0.3, 0.4) is 0 Å². The lowest BCUT2D eigenvalue weighted by Gasteiger charge is -2.39. The zero-order valence-corrected chi connectivity index (χ0v) is 39.2. The highest BCUT2D eigenvalue weighted by atomic mass is 16.7. The van der Waals surface area contributed by atoms with Gasteiger partial charge in [-0.05, 0) is 51.4 Å². The number of hydrogen-bond acceptors (Lipinski definition) is 9. The lowest BCUT2D eigenvalue weighted by Crippen LogP contribution is -2.59. The summed E-state index contributed by atoms with van der Waals surface area (Å²) in [5, 5.41) is 40.2. The van der Waals surface area contributed by atoms with Gasteiger partial charge in [0, 0.05) is 13.0 Å². The summed E-state index contributed by atoms with van der Waals surface area (Å²) in [6, 6.07) is 0. The first-order valence-corrected chi connectivity index (χ1v) is 25.2. The minimum atomic E-state index is -1.54. The Kier molecular flexibility index (Phi) is 40.7. The van der Waals surface area contributed by atoms with Crippen LogP contribution in [0.25, 0.3) is 0 Å². The molecule has 1 aliphatic heterocycles. The van der Waals surface area contributed by atoms with E-state index in [1.807, 2.05) is 0 Å². The molecule has 0 spiro atoms. The molecule has 1 aliphatic rings. The van der Waals surface area contributed by atoms with E-state index >= 15 is 0 Å². The van der Waals surface area contributed by atoms with Crippen LogP contribution in [0.5, 0.6) is 0 Å². The number of carbonyl (C=O) groups is 1. The third-order valence-corrected chi connectivity index (χ3v) is 11.5. The van der Waals surface area contributed by atoms with Gasteiger partial charge in [-0.25, -0.2) is 0 Å². The Morgan fingerprint density at radius 2 is 1.00 bits per heavy atom. The van der Waals surface area contributed by atoms with Crippen LogP contribution in [0.2, 0.25) is 0 Å². The van der Waals surface area contributed by atoms with E-state index in [2.05, 4.69) is 62.5 Å². The monoisotopic (exact) mass is 863 g/mol. The maximum absolute atomic E-state index is 12.8. The van der Waals surface area contributed by atoms with Crippen molar-refractivity contribution in [3.8, 4) is 0 Å². The molecule has 0 aromatic carbocycles. The van der Waals surface area contributed by atoms with Crippen molar-refractivity contribution in [1.29, 1.82) is 0 Å². The van der Waals surface area contributed by atoms with Crippen molar-refractivity contribution in [2.75, 3.05) is 26.4 Å². The van der Waals surface area contributed by atoms with E-state index in [0.717, 1.165) is 57.8 Å². The molecule has 9 heteroatoms. The Balaban J connectivity index is 2.20. The molecule has 1 rings (SSSR count). The quantitative estimate of drug-likeness (QED) is 0.0268. The van der Waals surface area contributed by atoms with E-state index in [9.17, 15) is 25.2 Å². The number of aliphatic hydroxyl groups is 4. The molecular weight excluding hydrogens is 769 g/mol. The second-order valence-electron chi connectivity index (χ2n) is 17.2. The van der Waals surface area contributed by atoms with Crippen LogP contribution >= 0.6 is 0 Å². The van der Waals surface area contributed by atoms with Gasteiger partial charge in [-0.3, -0.25) is 4.79 Å². The number of allylic oxidation sites excluding steroid dienone is 8. The van der Waals surface area contributed by atoms with Gasteiger partial charge in [-0.2, -0.15) is 0 Å². The molecule has 0 amide bonds. The molecule has 0 saturated carbocycles. The van der Waals surface area contributed by atoms with E-state index in [1.54, 1.807) is 0 Å². The number of aliphatic hydroxyl groups excluding tert-OH is 4. The van der Waals surface area contributed by atoms with Crippen molar-refractivity contribution in [1.82, 2.24) is 0 Å². The van der Waals surface area contributed by atoms with Crippen molar-refractivity contribution < 1.29 is 44.2 Å². The standard InChI is InChI=1S/C52H94O9/c1-3-5-7-9-11-13-15-17-19-20-21-22-23-24-25-26-27-29-31-33-35-37-39-41-48(54)60-46(45-59-52-51(57)50(56)49(55)47(43-53)61-52)44-58-42-40-38-36-34-32-30-28-18-16-14-12-10-8-6-4-2/h5,7,11,13,17,19,21-22,46-47,49-53,55-57H,3-4,6,8-10,12,14-16,18,20,23-45H2,1-2H3/b7-5-,13-11-,19-17-,22-21-. The Morgan fingerprint density at radius 3 is 1.51 bits per heavy atom. The van der Waals surface area contributed by atoms with Gasteiger partial charge in [0.1, 0.15) is 30.5 Å². The Hall–Kier alpha value is -1.85. The number of carbonyl (C=O) groups excluding carboxylic acids is 1. The van der Waals surface area contributed by atoms with Crippen molar-refractivity contribution in [2.24, 2.45) is 0 Å². The van der Waals surface area contributed by atoms with Crippen molar-refractivity contribution >= 4 is 5.97 Å². The summed E-state index contributed by atoms with van der Waals surface area (Å²) in [4.78, 5) is 12.8. The largest absolute Gasteiger partial charge is 0.457 e. The molecule has 1 heterocycles. The SMILES string of the molecule is CC/C=C\C/C=C\C/C=C\C/C=C\CCCCCCCCCCCCC(=O)OC(COCCCCCCCCCCCCCCCCC)COC1OC(CO)C(O)C(O)C1O. The topological polar surface area (TPSA) is 135 Å². The van der Waals surface area contributed by atoms with Gasteiger partial charge in [0.05, 0.1) is 19.8 Å². The fourth-order valence-corrected chi connectivity index (χ4v) is 7.60. The van der Waals surface area contributed by atoms with Gasteiger partial charge < -0.3 is 39.4 Å². The molecule has 1 saturated heterocycles.